The average molecular weight is 594 g/mol. The molecule has 0 amide bonds. The van der Waals surface area contributed by atoms with Crippen molar-refractivity contribution in [3.8, 4) is 0 Å². The van der Waals surface area contributed by atoms with E-state index in [1.165, 1.54) is 0 Å². The molecule has 2 radical (unpaired) electrons. The summed E-state index contributed by atoms with van der Waals surface area (Å²) < 4.78 is 261. The molecule has 0 saturated heterocycles. The van der Waals surface area contributed by atoms with Gasteiger partial charge >= 0.3 is 167 Å². The Hall–Kier alpha value is -0.912. The average Bonchev–Trinajstić information content (AvgIpc) is 2.51. The van der Waals surface area contributed by atoms with Crippen molar-refractivity contribution in [1.82, 2.24) is 0 Å². The zero-order valence-corrected chi connectivity index (χ0v) is 15.3. The fourth-order valence-electron chi connectivity index (χ4n) is 1.55. The van der Waals surface area contributed by atoms with E-state index in [4.69, 9.17) is 0 Å². The molecule has 0 unspecified atom stereocenters. The van der Waals surface area contributed by atoms with Crippen molar-refractivity contribution in [2.75, 3.05) is 0 Å². The minimum absolute atomic E-state index is 0.854. The van der Waals surface area contributed by atoms with Gasteiger partial charge in [0.25, 0.3) is 0 Å². The van der Waals surface area contributed by atoms with Crippen molar-refractivity contribution >= 4 is 16.9 Å². The second-order valence-corrected chi connectivity index (χ2v) is 6.81. The SMILES string of the molecule is FC(F)(F)C(F)(F)C(F)(F)C(F)(F)C(F)(F)C(F)(F)C(F)(F)C(F)(F)C(F)(F)C(F)(F)[As]. The second-order valence-electron chi connectivity index (χ2n) is 5.63. The minimum atomic E-state index is -9.13. The van der Waals surface area contributed by atoms with Crippen LogP contribution in [0.5, 0.6) is 0 Å². The van der Waals surface area contributed by atoms with Gasteiger partial charge in [-0.2, -0.15) is 0 Å². The van der Waals surface area contributed by atoms with Gasteiger partial charge in [-0.25, -0.2) is 0 Å². The van der Waals surface area contributed by atoms with E-state index in [1.807, 2.05) is 0 Å². The summed E-state index contributed by atoms with van der Waals surface area (Å²) in [4.78, 5) is 0. The van der Waals surface area contributed by atoms with Gasteiger partial charge in [0.1, 0.15) is 0 Å². The molecule has 0 aliphatic carbocycles. The summed E-state index contributed by atoms with van der Waals surface area (Å²) in [5.74, 6) is -69.8. The van der Waals surface area contributed by atoms with E-state index < -0.39 is 75.1 Å². The molecular formula is C10AsF21. The Morgan fingerprint density at radius 2 is 0.406 bits per heavy atom. The molecule has 0 spiro atoms. The standard InChI is InChI=1S/C10AsF21/c11-9(28,29)7(24,25)5(20,21)3(16,17)1(12,13)2(14,15)4(18,19)6(22,23)8(26,27)10(30,31)32. The van der Waals surface area contributed by atoms with E-state index in [0.29, 0.717) is 0 Å². The molecule has 0 atom stereocenters. The maximum atomic E-state index is 13.2. The predicted molar refractivity (Wildman–Crippen MR) is 56.3 cm³/mol. The fourth-order valence-corrected chi connectivity index (χ4v) is 1.84. The molecule has 0 aromatic heterocycles. The molecule has 22 heteroatoms. The summed E-state index contributed by atoms with van der Waals surface area (Å²) in [5.41, 5.74) is 0. The third-order valence-electron chi connectivity index (χ3n) is 3.49. The molecule has 0 nitrogen and oxygen atoms in total. The molecule has 0 saturated carbocycles. The summed E-state index contributed by atoms with van der Waals surface area (Å²) in [6, 6.07) is 0. The van der Waals surface area contributed by atoms with Gasteiger partial charge in [0, 0.05) is 0 Å². The molecular weight excluding hydrogens is 594 g/mol. The first-order valence-electron chi connectivity index (χ1n) is 6.44. The van der Waals surface area contributed by atoms with Crippen LogP contribution in [-0.4, -0.2) is 75.1 Å². The second kappa shape index (κ2) is 7.29. The molecule has 0 N–H and O–H groups in total. The number of hydrogen-bond donors (Lipinski definition) is 0. The number of halogens is 21. The first-order valence-corrected chi connectivity index (χ1v) is 7.38. The Kier molecular flexibility index (Phi) is 7.08. The number of hydrogen-bond acceptors (Lipinski definition) is 0. The molecule has 0 fully saturated rings. The van der Waals surface area contributed by atoms with Gasteiger partial charge in [-0.15, -0.1) is 0 Å². The zero-order valence-electron chi connectivity index (χ0n) is 13.4. The molecule has 0 aliphatic rings. The van der Waals surface area contributed by atoms with E-state index in [-0.39, 0.29) is 0 Å². The van der Waals surface area contributed by atoms with Crippen LogP contribution in [0.15, 0.2) is 0 Å². The molecule has 192 valence electrons. The Labute approximate surface area is 168 Å². The zero-order chi connectivity index (χ0) is 27.0. The van der Waals surface area contributed by atoms with E-state index >= 15 is 0 Å². The Morgan fingerprint density at radius 1 is 0.250 bits per heavy atom. The van der Waals surface area contributed by atoms with E-state index in [2.05, 4.69) is 0 Å². The van der Waals surface area contributed by atoms with Gasteiger partial charge < -0.3 is 0 Å². The molecule has 0 aromatic carbocycles. The summed E-state index contributed by atoms with van der Waals surface area (Å²) in [6.07, 6.45) is -7.98. The monoisotopic (exact) mass is 594 g/mol. The van der Waals surface area contributed by atoms with E-state index in [0.717, 1.165) is 0 Å². The van der Waals surface area contributed by atoms with Crippen LogP contribution in [0.4, 0.5) is 92.2 Å². The van der Waals surface area contributed by atoms with Crippen molar-refractivity contribution in [2.24, 2.45) is 0 Å². The molecule has 0 heterocycles. The van der Waals surface area contributed by atoms with Gasteiger partial charge in [0.2, 0.25) is 0 Å². The topological polar surface area (TPSA) is 0 Å². The Morgan fingerprint density at radius 3 is 0.562 bits per heavy atom. The Balaban J connectivity index is 7.00. The molecule has 0 rings (SSSR count). The van der Waals surface area contributed by atoms with Crippen LogP contribution in [0, 0.1) is 0 Å². The van der Waals surface area contributed by atoms with E-state index in [1.54, 1.807) is 0 Å². The third kappa shape index (κ3) is 3.58. The van der Waals surface area contributed by atoms with Crippen LogP contribution >= 0.6 is 0 Å². The normalized spacial score (nSPS) is 17.1. The van der Waals surface area contributed by atoms with Crippen LogP contribution in [0.2, 0.25) is 0 Å². The van der Waals surface area contributed by atoms with Crippen molar-refractivity contribution < 1.29 is 92.2 Å². The van der Waals surface area contributed by atoms with Crippen LogP contribution in [0.3, 0.4) is 0 Å². The van der Waals surface area contributed by atoms with Crippen molar-refractivity contribution in [2.45, 2.75) is 58.3 Å². The van der Waals surface area contributed by atoms with Gasteiger partial charge in [-0.05, 0) is 0 Å². The van der Waals surface area contributed by atoms with Crippen LogP contribution < -0.4 is 0 Å². The predicted octanol–water partition coefficient (Wildman–Crippen LogP) is 6.39. The molecule has 32 heavy (non-hydrogen) atoms. The fraction of sp³-hybridized carbons (Fsp3) is 1.00. The van der Waals surface area contributed by atoms with Crippen molar-refractivity contribution in [1.29, 1.82) is 0 Å². The van der Waals surface area contributed by atoms with Crippen LogP contribution in [0.1, 0.15) is 0 Å². The molecule has 0 aliphatic heterocycles. The quantitative estimate of drug-likeness (QED) is 0.226. The molecule has 0 aromatic rings. The maximum absolute atomic E-state index is 13.2. The van der Waals surface area contributed by atoms with Gasteiger partial charge in [0.15, 0.2) is 0 Å². The summed E-state index contributed by atoms with van der Waals surface area (Å²) in [5, 5.41) is 0. The summed E-state index contributed by atoms with van der Waals surface area (Å²) in [7, 11) is 0. The van der Waals surface area contributed by atoms with Gasteiger partial charge in [-0.3, -0.25) is 0 Å². The number of alkyl halides is 21. The van der Waals surface area contributed by atoms with Crippen molar-refractivity contribution in [3.05, 3.63) is 0 Å². The van der Waals surface area contributed by atoms with Crippen LogP contribution in [-0.2, 0) is 0 Å². The van der Waals surface area contributed by atoms with Gasteiger partial charge in [-0.1, -0.05) is 0 Å². The Bertz CT molecular complexity index is 632. The van der Waals surface area contributed by atoms with Gasteiger partial charge in [0.05, 0.1) is 0 Å². The third-order valence-corrected chi connectivity index (χ3v) is 4.08. The first kappa shape index (κ1) is 31.1. The summed E-state index contributed by atoms with van der Waals surface area (Å²) >= 11 is -0.854. The first-order chi connectivity index (χ1) is 13.2. The van der Waals surface area contributed by atoms with Crippen molar-refractivity contribution in [3.63, 3.8) is 0 Å². The number of rotatable bonds is 8. The van der Waals surface area contributed by atoms with Crippen LogP contribution in [0.25, 0.3) is 0 Å². The van der Waals surface area contributed by atoms with E-state index in [9.17, 15) is 92.2 Å². The summed E-state index contributed by atoms with van der Waals surface area (Å²) in [6.45, 7) is 0. The molecule has 0 bridgehead atoms.